The highest BCUT2D eigenvalue weighted by atomic mass is 16.6. The predicted molar refractivity (Wildman–Crippen MR) is 95.4 cm³/mol. The SMILES string of the molecule is CC(C)Oc1ccccc1C1CN(C)CCN1C(=O)OC(C)(C)C. The zero-order chi connectivity index (χ0) is 17.9. The van der Waals surface area contributed by atoms with Gasteiger partial charge in [-0.15, -0.1) is 0 Å². The number of carbonyl (C=O) groups is 1. The minimum atomic E-state index is -0.501. The summed E-state index contributed by atoms with van der Waals surface area (Å²) in [7, 11) is 2.07. The maximum atomic E-state index is 12.7. The Kier molecular flexibility index (Phi) is 5.75. The maximum Gasteiger partial charge on any atom is 0.410 e. The van der Waals surface area contributed by atoms with Crippen LogP contribution < -0.4 is 4.74 Å². The van der Waals surface area contributed by atoms with E-state index in [1.165, 1.54) is 0 Å². The highest BCUT2D eigenvalue weighted by molar-refractivity contribution is 5.69. The van der Waals surface area contributed by atoms with Crippen molar-refractivity contribution in [1.82, 2.24) is 9.80 Å². The maximum absolute atomic E-state index is 12.7. The number of carbonyl (C=O) groups excluding carboxylic acids is 1. The summed E-state index contributed by atoms with van der Waals surface area (Å²) in [4.78, 5) is 16.7. The van der Waals surface area contributed by atoms with Crippen LogP contribution in [0.3, 0.4) is 0 Å². The minimum absolute atomic E-state index is 0.0754. The molecule has 5 heteroatoms. The molecule has 0 bridgehead atoms. The van der Waals surface area contributed by atoms with Crippen molar-refractivity contribution in [3.63, 3.8) is 0 Å². The van der Waals surface area contributed by atoms with Gasteiger partial charge < -0.3 is 14.4 Å². The van der Waals surface area contributed by atoms with E-state index in [0.29, 0.717) is 6.54 Å². The predicted octanol–water partition coefficient (Wildman–Crippen LogP) is 3.70. The second-order valence-corrected chi connectivity index (χ2v) is 7.66. The molecule has 0 radical (unpaired) electrons. The van der Waals surface area contributed by atoms with Crippen molar-refractivity contribution in [2.24, 2.45) is 0 Å². The largest absolute Gasteiger partial charge is 0.491 e. The number of amides is 1. The third-order valence-electron chi connectivity index (χ3n) is 3.85. The molecular formula is C19H30N2O3. The molecule has 0 aliphatic carbocycles. The number of nitrogens with zero attached hydrogens (tertiary/aromatic N) is 2. The first-order valence-electron chi connectivity index (χ1n) is 8.61. The van der Waals surface area contributed by atoms with Gasteiger partial charge in [-0.2, -0.15) is 0 Å². The first-order valence-corrected chi connectivity index (χ1v) is 8.61. The monoisotopic (exact) mass is 334 g/mol. The topological polar surface area (TPSA) is 42.0 Å². The lowest BCUT2D eigenvalue weighted by Gasteiger charge is -2.41. The lowest BCUT2D eigenvalue weighted by atomic mass is 10.0. The van der Waals surface area contributed by atoms with Crippen LogP contribution in [-0.4, -0.2) is 54.3 Å². The molecule has 24 heavy (non-hydrogen) atoms. The van der Waals surface area contributed by atoms with Crippen molar-refractivity contribution >= 4 is 6.09 Å². The third kappa shape index (κ3) is 4.87. The minimum Gasteiger partial charge on any atom is -0.491 e. The number of para-hydroxylation sites is 1. The highest BCUT2D eigenvalue weighted by Gasteiger charge is 2.34. The molecule has 1 saturated heterocycles. The summed E-state index contributed by atoms with van der Waals surface area (Å²) in [5.41, 5.74) is 0.530. The molecule has 1 aromatic carbocycles. The van der Waals surface area contributed by atoms with E-state index in [2.05, 4.69) is 11.9 Å². The fourth-order valence-electron chi connectivity index (χ4n) is 2.84. The van der Waals surface area contributed by atoms with Crippen LogP contribution >= 0.6 is 0 Å². The smallest absolute Gasteiger partial charge is 0.410 e. The average Bonchev–Trinajstić information content (AvgIpc) is 2.45. The molecular weight excluding hydrogens is 304 g/mol. The first-order chi connectivity index (χ1) is 11.2. The van der Waals surface area contributed by atoms with Gasteiger partial charge in [0.15, 0.2) is 0 Å². The number of piperazine rings is 1. The van der Waals surface area contributed by atoms with Gasteiger partial charge in [-0.1, -0.05) is 18.2 Å². The number of hydrogen-bond donors (Lipinski definition) is 0. The lowest BCUT2D eigenvalue weighted by Crippen LogP contribution is -2.50. The van der Waals surface area contributed by atoms with Crippen LogP contribution in [0.25, 0.3) is 0 Å². The molecule has 0 spiro atoms. The Morgan fingerprint density at radius 2 is 1.88 bits per heavy atom. The van der Waals surface area contributed by atoms with Crippen LogP contribution in [0.15, 0.2) is 24.3 Å². The fraction of sp³-hybridized carbons (Fsp3) is 0.632. The van der Waals surface area contributed by atoms with Crippen LogP contribution in [-0.2, 0) is 4.74 Å². The van der Waals surface area contributed by atoms with Crippen LogP contribution in [0.4, 0.5) is 4.79 Å². The summed E-state index contributed by atoms with van der Waals surface area (Å²) in [6, 6.07) is 7.89. The molecule has 0 aromatic heterocycles. The van der Waals surface area contributed by atoms with E-state index in [1.54, 1.807) is 0 Å². The zero-order valence-electron chi connectivity index (χ0n) is 15.7. The molecule has 1 aromatic rings. The molecule has 1 unspecified atom stereocenters. The number of ether oxygens (including phenoxy) is 2. The fourth-order valence-corrected chi connectivity index (χ4v) is 2.84. The second-order valence-electron chi connectivity index (χ2n) is 7.66. The van der Waals surface area contributed by atoms with E-state index < -0.39 is 5.60 Å². The number of hydrogen-bond acceptors (Lipinski definition) is 4. The first kappa shape index (κ1) is 18.6. The highest BCUT2D eigenvalue weighted by Crippen LogP contribution is 2.33. The average molecular weight is 334 g/mol. The Morgan fingerprint density at radius 3 is 2.50 bits per heavy atom. The second kappa shape index (κ2) is 7.43. The molecule has 1 amide bonds. The summed E-state index contributed by atoms with van der Waals surface area (Å²) in [6.45, 7) is 11.9. The van der Waals surface area contributed by atoms with Gasteiger partial charge in [-0.25, -0.2) is 4.79 Å². The molecule has 0 saturated carbocycles. The van der Waals surface area contributed by atoms with E-state index in [-0.39, 0.29) is 18.2 Å². The van der Waals surface area contributed by atoms with Gasteiger partial charge in [-0.05, 0) is 47.7 Å². The van der Waals surface area contributed by atoms with Crippen molar-refractivity contribution in [2.45, 2.75) is 52.4 Å². The summed E-state index contributed by atoms with van der Waals surface area (Å²) < 4.78 is 11.6. The van der Waals surface area contributed by atoms with Gasteiger partial charge >= 0.3 is 6.09 Å². The molecule has 1 atom stereocenters. The molecule has 1 aliphatic rings. The molecule has 1 heterocycles. The Morgan fingerprint density at radius 1 is 1.21 bits per heavy atom. The van der Waals surface area contributed by atoms with E-state index in [1.807, 2.05) is 63.8 Å². The Hall–Kier alpha value is -1.75. The molecule has 1 aliphatic heterocycles. The zero-order valence-corrected chi connectivity index (χ0v) is 15.7. The van der Waals surface area contributed by atoms with E-state index in [9.17, 15) is 4.79 Å². The summed E-state index contributed by atoms with van der Waals surface area (Å²) in [5, 5.41) is 0. The Labute approximate surface area is 145 Å². The van der Waals surface area contributed by atoms with Crippen molar-refractivity contribution in [1.29, 1.82) is 0 Å². The van der Waals surface area contributed by atoms with Crippen molar-refractivity contribution < 1.29 is 14.3 Å². The lowest BCUT2D eigenvalue weighted by molar-refractivity contribution is 0.000628. The van der Waals surface area contributed by atoms with Crippen molar-refractivity contribution in [3.05, 3.63) is 29.8 Å². The normalized spacial score (nSPS) is 19.5. The molecule has 2 rings (SSSR count). The Bertz CT molecular complexity index is 566. The third-order valence-corrected chi connectivity index (χ3v) is 3.85. The van der Waals surface area contributed by atoms with Gasteiger partial charge in [0, 0.05) is 25.2 Å². The molecule has 5 nitrogen and oxygen atoms in total. The van der Waals surface area contributed by atoms with Gasteiger partial charge in [0.1, 0.15) is 11.4 Å². The molecule has 134 valence electrons. The molecule has 0 N–H and O–H groups in total. The van der Waals surface area contributed by atoms with Crippen LogP contribution in [0.2, 0.25) is 0 Å². The van der Waals surface area contributed by atoms with E-state index in [0.717, 1.165) is 24.4 Å². The van der Waals surface area contributed by atoms with Crippen LogP contribution in [0.5, 0.6) is 5.75 Å². The number of likely N-dealkylation sites (N-methyl/N-ethyl adjacent to an activating group) is 1. The summed E-state index contributed by atoms with van der Waals surface area (Å²) in [5.74, 6) is 0.835. The van der Waals surface area contributed by atoms with E-state index in [4.69, 9.17) is 9.47 Å². The number of benzene rings is 1. The van der Waals surface area contributed by atoms with Crippen LogP contribution in [0, 0.1) is 0 Å². The van der Waals surface area contributed by atoms with Gasteiger partial charge in [-0.3, -0.25) is 4.90 Å². The summed E-state index contributed by atoms with van der Waals surface area (Å²) in [6.07, 6.45) is -0.178. The van der Waals surface area contributed by atoms with Gasteiger partial charge in [0.2, 0.25) is 0 Å². The van der Waals surface area contributed by atoms with Crippen molar-refractivity contribution in [2.75, 3.05) is 26.7 Å². The number of rotatable bonds is 3. The van der Waals surface area contributed by atoms with Crippen molar-refractivity contribution in [3.8, 4) is 5.75 Å². The molecule has 1 fully saturated rings. The van der Waals surface area contributed by atoms with E-state index >= 15 is 0 Å². The standard InChI is InChI=1S/C19H30N2O3/c1-14(2)23-17-10-8-7-9-15(17)16-13-20(6)11-12-21(16)18(22)24-19(3,4)5/h7-10,14,16H,11-13H2,1-6H3. The summed E-state index contributed by atoms with van der Waals surface area (Å²) >= 11 is 0. The van der Waals surface area contributed by atoms with Gasteiger partial charge in [0.05, 0.1) is 12.1 Å². The van der Waals surface area contributed by atoms with Crippen LogP contribution in [0.1, 0.15) is 46.2 Å². The quantitative estimate of drug-likeness (QED) is 0.845. The Balaban J connectivity index is 2.31. The van der Waals surface area contributed by atoms with Gasteiger partial charge in [0.25, 0.3) is 0 Å².